The minimum Gasteiger partial charge on any atom is -0.413 e. The Morgan fingerprint density at radius 2 is 1.89 bits per heavy atom. The fraction of sp³-hybridized carbons (Fsp3) is 0.458. The number of anilines is 1. The van der Waals surface area contributed by atoms with Gasteiger partial charge in [-0.25, -0.2) is 9.37 Å². The molecule has 1 aliphatic rings. The van der Waals surface area contributed by atoms with E-state index in [0.717, 1.165) is 12.1 Å². The molecule has 2 heterocycles. The summed E-state index contributed by atoms with van der Waals surface area (Å²) in [7, 11) is -1.88. The third kappa shape index (κ3) is 5.25. The van der Waals surface area contributed by atoms with Gasteiger partial charge in [0, 0.05) is 6.07 Å². The Morgan fingerprint density at radius 1 is 1.17 bits per heavy atom. The minimum absolute atomic E-state index is 0.104. The molecule has 35 heavy (non-hydrogen) atoms. The van der Waals surface area contributed by atoms with Gasteiger partial charge in [0.15, 0.2) is 8.32 Å². The number of nitrogens with zero attached hydrogens (tertiary/aromatic N) is 4. The number of benzene rings is 1. The lowest BCUT2D eigenvalue weighted by Crippen LogP contribution is -2.40. The first-order valence-electron chi connectivity index (χ1n) is 11.4. The van der Waals surface area contributed by atoms with E-state index in [1.165, 1.54) is 16.9 Å². The van der Waals surface area contributed by atoms with Crippen LogP contribution in [0.2, 0.25) is 18.1 Å². The summed E-state index contributed by atoms with van der Waals surface area (Å²) < 4.78 is 60.9. The first-order valence-corrected chi connectivity index (χ1v) is 14.3. The predicted molar refractivity (Wildman–Crippen MR) is 129 cm³/mol. The summed E-state index contributed by atoms with van der Waals surface area (Å²) in [5.74, 6) is -0.348. The standard InChI is InChI=1S/C24H29F4N5OSi/c1-22(2,3)35(4,5)34-12-6-7-17-14-20(33-21(31-17)29-15-30-33)32-23(10-11-23)16-8-9-18(19(25)13-16)24(26,27)28/h6-9,13-15,32H,10-12H2,1-5H3. The number of fused-ring (bicyclic) bond motifs is 1. The van der Waals surface area contributed by atoms with E-state index in [1.54, 1.807) is 6.07 Å². The van der Waals surface area contributed by atoms with Crippen molar-refractivity contribution in [2.75, 3.05) is 11.9 Å². The van der Waals surface area contributed by atoms with Crippen molar-refractivity contribution >= 4 is 26.0 Å². The van der Waals surface area contributed by atoms with Crippen molar-refractivity contribution in [3.8, 4) is 0 Å². The first-order chi connectivity index (χ1) is 16.2. The number of aromatic nitrogens is 4. The quantitative estimate of drug-likeness (QED) is 0.295. The molecule has 0 spiro atoms. The average Bonchev–Trinajstić information content (AvgIpc) is 3.36. The summed E-state index contributed by atoms with van der Waals surface area (Å²) in [5.41, 5.74) is -0.876. The molecule has 1 aliphatic carbocycles. The Morgan fingerprint density at radius 3 is 2.49 bits per heavy atom. The lowest BCUT2D eigenvalue weighted by molar-refractivity contribution is -0.140. The molecule has 188 valence electrons. The summed E-state index contributed by atoms with van der Waals surface area (Å²) in [6.07, 6.45) is 1.66. The molecule has 11 heteroatoms. The molecular formula is C24H29F4N5OSi. The van der Waals surface area contributed by atoms with Crippen molar-refractivity contribution in [3.63, 3.8) is 0 Å². The smallest absolute Gasteiger partial charge is 0.413 e. The third-order valence-corrected chi connectivity index (χ3v) is 11.4. The van der Waals surface area contributed by atoms with Crippen molar-refractivity contribution in [2.24, 2.45) is 0 Å². The lowest BCUT2D eigenvalue weighted by Gasteiger charge is -2.35. The lowest BCUT2D eigenvalue weighted by atomic mass is 10.0. The van der Waals surface area contributed by atoms with Gasteiger partial charge in [-0.15, -0.1) is 0 Å². The summed E-state index contributed by atoms with van der Waals surface area (Å²) in [6.45, 7) is 11.4. The second-order valence-electron chi connectivity index (χ2n) is 10.4. The Labute approximate surface area is 202 Å². The van der Waals surface area contributed by atoms with Gasteiger partial charge in [-0.1, -0.05) is 32.9 Å². The molecule has 0 aliphatic heterocycles. The Balaban J connectivity index is 1.56. The highest BCUT2D eigenvalue weighted by Gasteiger charge is 2.46. The molecule has 0 bridgehead atoms. The molecule has 1 N–H and O–H groups in total. The molecule has 1 aromatic carbocycles. The fourth-order valence-electron chi connectivity index (χ4n) is 3.55. The van der Waals surface area contributed by atoms with Crippen LogP contribution in [0.25, 0.3) is 11.9 Å². The van der Waals surface area contributed by atoms with Crippen LogP contribution in [-0.2, 0) is 16.1 Å². The zero-order valence-electron chi connectivity index (χ0n) is 20.4. The molecule has 0 saturated heterocycles. The molecular weight excluding hydrogens is 478 g/mol. The molecule has 2 aromatic heterocycles. The van der Waals surface area contributed by atoms with Gasteiger partial charge in [0.05, 0.1) is 23.4 Å². The zero-order valence-corrected chi connectivity index (χ0v) is 21.4. The van der Waals surface area contributed by atoms with E-state index in [0.29, 0.717) is 42.3 Å². The third-order valence-electron chi connectivity index (χ3n) is 6.85. The van der Waals surface area contributed by atoms with Crippen LogP contribution >= 0.6 is 0 Å². The first kappa shape index (κ1) is 25.3. The van der Waals surface area contributed by atoms with Gasteiger partial charge in [-0.3, -0.25) is 0 Å². The fourth-order valence-corrected chi connectivity index (χ4v) is 4.49. The summed E-state index contributed by atoms with van der Waals surface area (Å²) >= 11 is 0. The number of rotatable bonds is 7. The maximum absolute atomic E-state index is 14.2. The van der Waals surface area contributed by atoms with E-state index in [4.69, 9.17) is 4.43 Å². The van der Waals surface area contributed by atoms with E-state index < -0.39 is 31.4 Å². The molecule has 0 atom stereocenters. The highest BCUT2D eigenvalue weighted by atomic mass is 28.4. The predicted octanol–water partition coefficient (Wildman–Crippen LogP) is 6.42. The highest BCUT2D eigenvalue weighted by Crippen LogP contribution is 2.49. The molecule has 3 aromatic rings. The number of hydrogen-bond donors (Lipinski definition) is 1. The van der Waals surface area contributed by atoms with Crippen molar-refractivity contribution in [1.82, 2.24) is 19.6 Å². The second kappa shape index (κ2) is 8.70. The van der Waals surface area contributed by atoms with Gasteiger partial charge >= 0.3 is 6.18 Å². The Hall–Kier alpha value is -2.79. The topological polar surface area (TPSA) is 64.3 Å². The molecule has 0 unspecified atom stereocenters. The molecule has 1 saturated carbocycles. The Kier molecular flexibility index (Phi) is 6.29. The van der Waals surface area contributed by atoms with Crippen LogP contribution in [0.3, 0.4) is 0 Å². The summed E-state index contributed by atoms with van der Waals surface area (Å²) in [6, 6.07) is 4.86. The summed E-state index contributed by atoms with van der Waals surface area (Å²) in [4.78, 5) is 8.66. The second-order valence-corrected chi connectivity index (χ2v) is 15.2. The minimum atomic E-state index is -4.74. The number of halogens is 4. The van der Waals surface area contributed by atoms with Gasteiger partial charge in [0.25, 0.3) is 5.78 Å². The molecule has 4 rings (SSSR count). The zero-order chi connectivity index (χ0) is 25.6. The van der Waals surface area contributed by atoms with Crippen molar-refractivity contribution in [1.29, 1.82) is 0 Å². The monoisotopic (exact) mass is 507 g/mol. The van der Waals surface area contributed by atoms with E-state index in [2.05, 4.69) is 54.2 Å². The van der Waals surface area contributed by atoms with Crippen LogP contribution in [0.4, 0.5) is 23.4 Å². The van der Waals surface area contributed by atoms with Gasteiger partial charge in [-0.05, 0) is 54.7 Å². The molecule has 0 amide bonds. The number of alkyl halides is 3. The average molecular weight is 508 g/mol. The van der Waals surface area contributed by atoms with Crippen LogP contribution in [0.15, 0.2) is 36.7 Å². The van der Waals surface area contributed by atoms with Gasteiger partial charge in [0.1, 0.15) is 18.0 Å². The van der Waals surface area contributed by atoms with E-state index in [1.807, 2.05) is 12.2 Å². The summed E-state index contributed by atoms with van der Waals surface area (Å²) in [5, 5.41) is 7.65. The van der Waals surface area contributed by atoms with Crippen LogP contribution in [0.1, 0.15) is 50.4 Å². The van der Waals surface area contributed by atoms with Crippen LogP contribution in [-0.4, -0.2) is 34.5 Å². The highest BCUT2D eigenvalue weighted by molar-refractivity contribution is 6.74. The number of nitrogens with one attached hydrogen (secondary N) is 1. The van der Waals surface area contributed by atoms with Crippen LogP contribution in [0.5, 0.6) is 0 Å². The van der Waals surface area contributed by atoms with Crippen LogP contribution < -0.4 is 5.32 Å². The van der Waals surface area contributed by atoms with Gasteiger partial charge in [-0.2, -0.15) is 27.8 Å². The van der Waals surface area contributed by atoms with E-state index in [-0.39, 0.29) is 5.04 Å². The maximum atomic E-state index is 14.2. The molecule has 1 fully saturated rings. The van der Waals surface area contributed by atoms with Gasteiger partial charge < -0.3 is 9.74 Å². The number of hydrogen-bond acceptors (Lipinski definition) is 5. The van der Waals surface area contributed by atoms with Crippen LogP contribution in [0, 0.1) is 5.82 Å². The Bertz CT molecular complexity index is 1260. The van der Waals surface area contributed by atoms with Crippen molar-refractivity contribution in [3.05, 3.63) is 59.3 Å². The van der Waals surface area contributed by atoms with E-state index in [9.17, 15) is 17.6 Å². The normalized spacial score (nSPS) is 16.3. The van der Waals surface area contributed by atoms with Crippen molar-refractivity contribution in [2.45, 2.75) is 63.5 Å². The maximum Gasteiger partial charge on any atom is 0.419 e. The van der Waals surface area contributed by atoms with Crippen molar-refractivity contribution < 1.29 is 22.0 Å². The van der Waals surface area contributed by atoms with E-state index >= 15 is 0 Å². The largest absolute Gasteiger partial charge is 0.419 e. The molecule has 0 radical (unpaired) electrons. The van der Waals surface area contributed by atoms with Gasteiger partial charge in [0.2, 0.25) is 0 Å². The molecule has 6 nitrogen and oxygen atoms in total. The SMILES string of the molecule is CC(C)(C)[Si](C)(C)OCC=Cc1cc(NC2(c3ccc(C(F)(F)F)c(F)c3)CC2)n2ncnc2n1.